The van der Waals surface area contributed by atoms with Crippen molar-refractivity contribution < 1.29 is 32.2 Å². The number of carboxylic acids is 1. The lowest BCUT2D eigenvalue weighted by atomic mass is 9.98. The highest BCUT2D eigenvalue weighted by Crippen LogP contribution is 2.50. The number of hydrogen-bond acceptors (Lipinski definition) is 3. The molecule has 0 bridgehead atoms. The number of halogens is 4. The van der Waals surface area contributed by atoms with Crippen LogP contribution in [0.1, 0.15) is 41.7 Å². The van der Waals surface area contributed by atoms with Crippen molar-refractivity contribution in [3.63, 3.8) is 0 Å². The molecule has 0 spiro atoms. The molecule has 0 radical (unpaired) electrons. The number of aromatic nitrogens is 1. The lowest BCUT2D eigenvalue weighted by Gasteiger charge is -2.21. The van der Waals surface area contributed by atoms with Crippen molar-refractivity contribution in [3.05, 3.63) is 59.0 Å². The van der Waals surface area contributed by atoms with Gasteiger partial charge in [-0.3, -0.25) is 4.79 Å². The summed E-state index contributed by atoms with van der Waals surface area (Å²) in [5.41, 5.74) is 1.69. The Kier molecular flexibility index (Phi) is 5.98. The molecule has 2 aromatic carbocycles. The predicted molar refractivity (Wildman–Crippen MR) is 113 cm³/mol. The van der Waals surface area contributed by atoms with E-state index in [4.69, 9.17) is 4.74 Å². The molecular weight excluding hydrogens is 446 g/mol. The standard InChI is InChI=1S/C23H21F4NO3S/c1-12-3-5-15(6-4-12)32-21-19-16(22(31-2)23(25,26)27)10-14(24)11-17(19)28-8-7-13(20(21)28)9-18(29)30/h3-6,10-11,13,22H,7-9H2,1-2H3,(H,29,30). The van der Waals surface area contributed by atoms with Crippen molar-refractivity contribution in [2.45, 2.75) is 54.3 Å². The molecular formula is C23H21F4NO3S. The van der Waals surface area contributed by atoms with E-state index in [0.717, 1.165) is 23.6 Å². The molecule has 0 saturated carbocycles. The Morgan fingerprint density at radius 1 is 1.28 bits per heavy atom. The van der Waals surface area contributed by atoms with Crippen LogP contribution in [0.25, 0.3) is 10.9 Å². The van der Waals surface area contributed by atoms with E-state index in [9.17, 15) is 27.5 Å². The largest absolute Gasteiger partial charge is 0.481 e. The molecule has 2 heterocycles. The summed E-state index contributed by atoms with van der Waals surface area (Å²) in [6, 6.07) is 9.59. The fraction of sp³-hybridized carbons (Fsp3) is 0.348. The maximum Gasteiger partial charge on any atom is 0.418 e. The number of carbonyl (C=O) groups is 1. The quantitative estimate of drug-likeness (QED) is 0.423. The van der Waals surface area contributed by atoms with Crippen LogP contribution in [-0.2, 0) is 16.1 Å². The molecule has 3 aromatic rings. The van der Waals surface area contributed by atoms with Gasteiger partial charge < -0.3 is 14.4 Å². The Morgan fingerprint density at radius 2 is 1.97 bits per heavy atom. The van der Waals surface area contributed by atoms with E-state index in [1.165, 1.54) is 17.8 Å². The van der Waals surface area contributed by atoms with Gasteiger partial charge in [0.15, 0.2) is 6.10 Å². The maximum absolute atomic E-state index is 14.5. The summed E-state index contributed by atoms with van der Waals surface area (Å²) in [6.45, 7) is 2.33. The Labute approximate surface area is 186 Å². The SMILES string of the molecule is COC(c1cc(F)cc2c1c(Sc1ccc(C)cc1)c1n2CCC1CC(=O)O)C(F)(F)F. The van der Waals surface area contributed by atoms with Gasteiger partial charge in [0.25, 0.3) is 0 Å². The van der Waals surface area contributed by atoms with E-state index in [0.29, 0.717) is 29.1 Å². The number of ether oxygens (including phenoxy) is 1. The molecule has 9 heteroatoms. The number of nitrogens with zero attached hydrogens (tertiary/aromatic N) is 1. The van der Waals surface area contributed by atoms with Crippen LogP contribution in [0.2, 0.25) is 0 Å². The first-order valence-corrected chi connectivity index (χ1v) is 10.8. The summed E-state index contributed by atoms with van der Waals surface area (Å²) in [6.07, 6.45) is -6.67. The van der Waals surface area contributed by atoms with Crippen molar-refractivity contribution in [2.75, 3.05) is 7.11 Å². The average molecular weight is 467 g/mol. The number of carboxylic acid groups (broad SMARTS) is 1. The van der Waals surface area contributed by atoms with Gasteiger partial charge in [-0.05, 0) is 37.6 Å². The highest BCUT2D eigenvalue weighted by Gasteiger charge is 2.44. The topological polar surface area (TPSA) is 51.5 Å². The van der Waals surface area contributed by atoms with E-state index in [1.807, 2.05) is 31.2 Å². The highest BCUT2D eigenvalue weighted by molar-refractivity contribution is 7.99. The van der Waals surface area contributed by atoms with Gasteiger partial charge in [-0.2, -0.15) is 13.2 Å². The van der Waals surface area contributed by atoms with Crippen LogP contribution >= 0.6 is 11.8 Å². The minimum absolute atomic E-state index is 0.150. The van der Waals surface area contributed by atoms with Gasteiger partial charge in [0.1, 0.15) is 5.82 Å². The molecule has 1 N–H and O–H groups in total. The molecule has 170 valence electrons. The Morgan fingerprint density at radius 3 is 2.56 bits per heavy atom. The number of aliphatic carboxylic acids is 1. The number of hydrogen-bond donors (Lipinski definition) is 1. The zero-order valence-electron chi connectivity index (χ0n) is 17.4. The smallest absolute Gasteiger partial charge is 0.418 e. The third kappa shape index (κ3) is 4.11. The number of rotatable bonds is 6. The van der Waals surface area contributed by atoms with E-state index in [1.54, 1.807) is 4.57 Å². The average Bonchev–Trinajstić information content (AvgIpc) is 3.22. The summed E-state index contributed by atoms with van der Waals surface area (Å²) in [5.74, 6) is -2.17. The van der Waals surface area contributed by atoms with Gasteiger partial charge in [-0.1, -0.05) is 29.5 Å². The van der Waals surface area contributed by atoms with Gasteiger partial charge in [0.05, 0.1) is 11.9 Å². The molecule has 2 unspecified atom stereocenters. The van der Waals surface area contributed by atoms with Gasteiger partial charge >= 0.3 is 12.1 Å². The Bertz CT molecular complexity index is 1170. The third-order valence-electron chi connectivity index (χ3n) is 5.72. The van der Waals surface area contributed by atoms with Crippen LogP contribution < -0.4 is 0 Å². The van der Waals surface area contributed by atoms with E-state index >= 15 is 0 Å². The molecule has 0 saturated heterocycles. The second-order valence-corrected chi connectivity index (χ2v) is 8.99. The first-order chi connectivity index (χ1) is 15.1. The van der Waals surface area contributed by atoms with Crippen LogP contribution in [0, 0.1) is 12.7 Å². The Hall–Kier alpha value is -2.52. The normalized spacial score (nSPS) is 17.0. The van der Waals surface area contributed by atoms with Crippen molar-refractivity contribution in [3.8, 4) is 0 Å². The molecule has 0 amide bonds. The van der Waals surface area contributed by atoms with Gasteiger partial charge in [-0.25, -0.2) is 4.39 Å². The lowest BCUT2D eigenvalue weighted by molar-refractivity contribution is -0.215. The second kappa shape index (κ2) is 8.44. The molecule has 1 aromatic heterocycles. The van der Waals surface area contributed by atoms with Crippen LogP contribution in [0.5, 0.6) is 0 Å². The van der Waals surface area contributed by atoms with Crippen LogP contribution in [-0.4, -0.2) is 28.9 Å². The second-order valence-electron chi connectivity index (χ2n) is 7.91. The van der Waals surface area contributed by atoms with Crippen LogP contribution in [0.15, 0.2) is 46.2 Å². The molecule has 0 fully saturated rings. The maximum atomic E-state index is 14.5. The summed E-state index contributed by atoms with van der Waals surface area (Å²) in [4.78, 5) is 12.8. The molecule has 4 nitrogen and oxygen atoms in total. The summed E-state index contributed by atoms with van der Waals surface area (Å²) >= 11 is 1.27. The van der Waals surface area contributed by atoms with Crippen molar-refractivity contribution in [2.24, 2.45) is 0 Å². The first kappa shape index (κ1) is 22.7. The number of benzene rings is 2. The first-order valence-electron chi connectivity index (χ1n) is 10.0. The molecule has 2 atom stereocenters. The number of alkyl halides is 3. The number of methoxy groups -OCH3 is 1. The monoisotopic (exact) mass is 467 g/mol. The summed E-state index contributed by atoms with van der Waals surface area (Å²) in [7, 11) is 0.943. The summed E-state index contributed by atoms with van der Waals surface area (Å²) in [5, 5.41) is 9.63. The molecule has 1 aliphatic heterocycles. The number of aryl methyl sites for hydroxylation is 2. The number of fused-ring (bicyclic) bond motifs is 3. The molecule has 0 aliphatic carbocycles. The van der Waals surface area contributed by atoms with Crippen molar-refractivity contribution in [1.82, 2.24) is 4.57 Å². The van der Waals surface area contributed by atoms with Gasteiger partial charge in [0.2, 0.25) is 0 Å². The summed E-state index contributed by atoms with van der Waals surface area (Å²) < 4.78 is 62.4. The van der Waals surface area contributed by atoms with Crippen molar-refractivity contribution >= 4 is 28.6 Å². The molecule has 1 aliphatic rings. The predicted octanol–water partition coefficient (Wildman–Crippen LogP) is 6.45. The Balaban J connectivity index is 2.00. The fourth-order valence-corrected chi connectivity index (χ4v) is 5.62. The highest BCUT2D eigenvalue weighted by atomic mass is 32.2. The molecule has 32 heavy (non-hydrogen) atoms. The van der Waals surface area contributed by atoms with E-state index < -0.39 is 24.1 Å². The van der Waals surface area contributed by atoms with Crippen LogP contribution in [0.3, 0.4) is 0 Å². The minimum atomic E-state index is -4.74. The van der Waals surface area contributed by atoms with E-state index in [-0.39, 0.29) is 23.3 Å². The lowest BCUT2D eigenvalue weighted by Crippen LogP contribution is -2.23. The van der Waals surface area contributed by atoms with E-state index in [2.05, 4.69) is 0 Å². The van der Waals surface area contributed by atoms with Gasteiger partial charge in [-0.15, -0.1) is 0 Å². The minimum Gasteiger partial charge on any atom is -0.481 e. The third-order valence-corrected chi connectivity index (χ3v) is 6.84. The fourth-order valence-electron chi connectivity index (χ4n) is 4.40. The zero-order chi connectivity index (χ0) is 23.2. The zero-order valence-corrected chi connectivity index (χ0v) is 18.2. The van der Waals surface area contributed by atoms with Crippen LogP contribution in [0.4, 0.5) is 17.6 Å². The van der Waals surface area contributed by atoms with Crippen molar-refractivity contribution in [1.29, 1.82) is 0 Å². The molecule has 4 rings (SSSR count). The van der Waals surface area contributed by atoms with Gasteiger partial charge in [0, 0.05) is 46.0 Å².